The van der Waals surface area contributed by atoms with Crippen molar-refractivity contribution in [3.8, 4) is 11.4 Å². The first-order valence-electron chi connectivity index (χ1n) is 6.62. The second-order valence-electron chi connectivity index (χ2n) is 5.02. The highest BCUT2D eigenvalue weighted by atomic mass is 15.1. The van der Waals surface area contributed by atoms with E-state index in [-0.39, 0.29) is 0 Å². The molecule has 1 unspecified atom stereocenters. The maximum Gasteiger partial charge on any atom is 0.140 e. The molecule has 0 fully saturated rings. The largest absolute Gasteiger partial charge is 0.331 e. The van der Waals surface area contributed by atoms with Crippen LogP contribution in [0.15, 0.2) is 30.3 Å². The SMILES string of the molecule is Cn1c(-c2ccccc2)nc2c1C(CN)CCC2. The van der Waals surface area contributed by atoms with Crippen molar-refractivity contribution in [3.63, 3.8) is 0 Å². The first-order chi connectivity index (χ1) is 8.81. The summed E-state index contributed by atoms with van der Waals surface area (Å²) < 4.78 is 2.24. The van der Waals surface area contributed by atoms with E-state index in [0.717, 1.165) is 18.8 Å². The summed E-state index contributed by atoms with van der Waals surface area (Å²) in [6.45, 7) is 0.723. The molecule has 1 aromatic heterocycles. The smallest absolute Gasteiger partial charge is 0.140 e. The van der Waals surface area contributed by atoms with E-state index in [1.807, 2.05) is 6.07 Å². The maximum atomic E-state index is 5.89. The van der Waals surface area contributed by atoms with Gasteiger partial charge in [0.1, 0.15) is 5.82 Å². The van der Waals surface area contributed by atoms with E-state index in [1.54, 1.807) is 0 Å². The van der Waals surface area contributed by atoms with Gasteiger partial charge in [-0.05, 0) is 19.3 Å². The first kappa shape index (κ1) is 11.5. The van der Waals surface area contributed by atoms with Gasteiger partial charge in [-0.3, -0.25) is 0 Å². The maximum absolute atomic E-state index is 5.89. The van der Waals surface area contributed by atoms with E-state index in [9.17, 15) is 0 Å². The topological polar surface area (TPSA) is 43.8 Å². The van der Waals surface area contributed by atoms with Gasteiger partial charge in [0, 0.05) is 30.8 Å². The summed E-state index contributed by atoms with van der Waals surface area (Å²) in [6.07, 6.45) is 3.49. The standard InChI is InChI=1S/C15H19N3/c1-18-14-12(10-16)8-5-9-13(14)17-15(18)11-6-3-2-4-7-11/h2-4,6-7,12H,5,8-10,16H2,1H3. The van der Waals surface area contributed by atoms with Crippen molar-refractivity contribution in [2.75, 3.05) is 6.54 Å². The van der Waals surface area contributed by atoms with Gasteiger partial charge in [0.2, 0.25) is 0 Å². The molecule has 0 spiro atoms. The number of fused-ring (bicyclic) bond motifs is 1. The molecule has 0 saturated carbocycles. The Morgan fingerprint density at radius 3 is 2.83 bits per heavy atom. The van der Waals surface area contributed by atoms with Crippen molar-refractivity contribution in [2.45, 2.75) is 25.2 Å². The van der Waals surface area contributed by atoms with Crippen LogP contribution in [0.5, 0.6) is 0 Å². The van der Waals surface area contributed by atoms with Crippen LogP contribution in [-0.2, 0) is 13.5 Å². The van der Waals surface area contributed by atoms with E-state index >= 15 is 0 Å². The third-order valence-electron chi connectivity index (χ3n) is 3.88. The minimum Gasteiger partial charge on any atom is -0.331 e. The average molecular weight is 241 g/mol. The van der Waals surface area contributed by atoms with Crippen molar-refractivity contribution < 1.29 is 0 Å². The van der Waals surface area contributed by atoms with E-state index in [1.165, 1.54) is 29.8 Å². The Bertz CT molecular complexity index is 542. The highest BCUT2D eigenvalue weighted by molar-refractivity contribution is 5.57. The number of rotatable bonds is 2. The highest BCUT2D eigenvalue weighted by Crippen LogP contribution is 2.33. The number of nitrogens with two attached hydrogens (primary N) is 1. The van der Waals surface area contributed by atoms with E-state index in [0.29, 0.717) is 5.92 Å². The monoisotopic (exact) mass is 241 g/mol. The summed E-state index contributed by atoms with van der Waals surface area (Å²) in [7, 11) is 2.11. The Morgan fingerprint density at radius 1 is 1.33 bits per heavy atom. The summed E-state index contributed by atoms with van der Waals surface area (Å²) in [5.41, 5.74) is 9.68. The molecule has 0 amide bonds. The summed E-state index contributed by atoms with van der Waals surface area (Å²) >= 11 is 0. The van der Waals surface area contributed by atoms with Gasteiger partial charge < -0.3 is 10.3 Å². The molecular weight excluding hydrogens is 222 g/mol. The molecule has 18 heavy (non-hydrogen) atoms. The van der Waals surface area contributed by atoms with Crippen LogP contribution < -0.4 is 5.73 Å². The molecule has 1 aromatic carbocycles. The molecule has 0 bridgehead atoms. The Morgan fingerprint density at radius 2 is 2.11 bits per heavy atom. The summed E-state index contributed by atoms with van der Waals surface area (Å²) in [5, 5.41) is 0. The summed E-state index contributed by atoms with van der Waals surface area (Å²) in [6, 6.07) is 10.4. The third-order valence-corrected chi connectivity index (χ3v) is 3.88. The van der Waals surface area contributed by atoms with Crippen LogP contribution in [0.1, 0.15) is 30.1 Å². The zero-order valence-corrected chi connectivity index (χ0v) is 10.8. The second kappa shape index (κ2) is 4.58. The zero-order chi connectivity index (χ0) is 12.5. The van der Waals surface area contributed by atoms with Crippen molar-refractivity contribution >= 4 is 0 Å². The lowest BCUT2D eigenvalue weighted by atomic mass is 9.90. The molecule has 3 nitrogen and oxygen atoms in total. The molecule has 2 N–H and O–H groups in total. The van der Waals surface area contributed by atoms with E-state index in [2.05, 4.69) is 35.9 Å². The first-order valence-corrected chi connectivity index (χ1v) is 6.62. The second-order valence-corrected chi connectivity index (χ2v) is 5.02. The fourth-order valence-electron chi connectivity index (χ4n) is 2.99. The minimum atomic E-state index is 0.476. The number of aryl methyl sites for hydroxylation is 1. The summed E-state index contributed by atoms with van der Waals surface area (Å²) in [5.74, 6) is 1.55. The lowest BCUT2D eigenvalue weighted by Gasteiger charge is -2.21. The Hall–Kier alpha value is -1.61. The predicted molar refractivity (Wildman–Crippen MR) is 73.4 cm³/mol. The van der Waals surface area contributed by atoms with Crippen LogP contribution in [0.4, 0.5) is 0 Å². The Balaban J connectivity index is 2.11. The van der Waals surface area contributed by atoms with Gasteiger partial charge in [-0.15, -0.1) is 0 Å². The van der Waals surface area contributed by atoms with Crippen molar-refractivity contribution in [1.29, 1.82) is 0 Å². The van der Waals surface area contributed by atoms with Gasteiger partial charge in [0.05, 0.1) is 5.69 Å². The predicted octanol–water partition coefficient (Wildman–Crippen LogP) is 2.47. The van der Waals surface area contributed by atoms with Gasteiger partial charge >= 0.3 is 0 Å². The molecule has 3 heteroatoms. The molecule has 1 heterocycles. The molecule has 1 aliphatic carbocycles. The van der Waals surface area contributed by atoms with Gasteiger partial charge in [-0.25, -0.2) is 4.98 Å². The molecular formula is C15H19N3. The van der Waals surface area contributed by atoms with Gasteiger partial charge in [-0.2, -0.15) is 0 Å². The van der Waals surface area contributed by atoms with Crippen LogP contribution >= 0.6 is 0 Å². The fraction of sp³-hybridized carbons (Fsp3) is 0.400. The molecule has 1 aliphatic rings. The number of benzene rings is 1. The van der Waals surface area contributed by atoms with Crippen LogP contribution in [0.2, 0.25) is 0 Å². The molecule has 3 rings (SSSR count). The Labute approximate surface area is 108 Å². The number of aromatic nitrogens is 2. The molecule has 0 aliphatic heterocycles. The van der Waals surface area contributed by atoms with Gasteiger partial charge in [0.15, 0.2) is 0 Å². The molecule has 2 aromatic rings. The van der Waals surface area contributed by atoms with Crippen LogP contribution in [0, 0.1) is 0 Å². The van der Waals surface area contributed by atoms with Crippen molar-refractivity contribution in [1.82, 2.24) is 9.55 Å². The van der Waals surface area contributed by atoms with Crippen LogP contribution in [0.3, 0.4) is 0 Å². The van der Waals surface area contributed by atoms with Gasteiger partial charge in [0.25, 0.3) is 0 Å². The molecule has 94 valence electrons. The minimum absolute atomic E-state index is 0.476. The Kier molecular flexibility index (Phi) is 2.92. The summed E-state index contributed by atoms with van der Waals surface area (Å²) in [4.78, 5) is 4.83. The number of nitrogens with zero attached hydrogens (tertiary/aromatic N) is 2. The number of hydrogen-bond donors (Lipinski definition) is 1. The van der Waals surface area contributed by atoms with Crippen molar-refractivity contribution in [2.24, 2.45) is 12.8 Å². The highest BCUT2D eigenvalue weighted by Gasteiger charge is 2.25. The van der Waals surface area contributed by atoms with E-state index in [4.69, 9.17) is 10.7 Å². The van der Waals surface area contributed by atoms with Crippen molar-refractivity contribution in [3.05, 3.63) is 41.7 Å². The molecule has 0 saturated heterocycles. The molecule has 1 atom stereocenters. The van der Waals surface area contributed by atoms with E-state index < -0.39 is 0 Å². The molecule has 0 radical (unpaired) electrons. The fourth-order valence-corrected chi connectivity index (χ4v) is 2.99. The van der Waals surface area contributed by atoms with Crippen LogP contribution in [-0.4, -0.2) is 16.1 Å². The lowest BCUT2D eigenvalue weighted by molar-refractivity contribution is 0.529. The number of hydrogen-bond acceptors (Lipinski definition) is 2. The third kappa shape index (κ3) is 1.75. The van der Waals surface area contributed by atoms with Gasteiger partial charge in [-0.1, -0.05) is 30.3 Å². The lowest BCUT2D eigenvalue weighted by Crippen LogP contribution is -2.20. The average Bonchev–Trinajstić information content (AvgIpc) is 2.77. The normalized spacial score (nSPS) is 18.7. The number of imidazole rings is 1. The zero-order valence-electron chi connectivity index (χ0n) is 10.8. The van der Waals surface area contributed by atoms with Crippen LogP contribution in [0.25, 0.3) is 11.4 Å². The quantitative estimate of drug-likeness (QED) is 0.877.